The smallest absolute Gasteiger partial charge is 1.00 e. The number of nitrogens with zero attached hydrogens (tertiary/aromatic N) is 1. The molecule has 0 aromatic carbocycles. The van der Waals surface area contributed by atoms with Crippen LogP contribution in [0.15, 0.2) is 6.20 Å². The summed E-state index contributed by atoms with van der Waals surface area (Å²) in [4.78, 5) is 3.84. The number of aliphatic hydroxyl groups excluding tert-OH is 2. The molecule has 100 valence electrons. The van der Waals surface area contributed by atoms with Gasteiger partial charge in [-0.05, 0) is 6.92 Å². The van der Waals surface area contributed by atoms with Gasteiger partial charge in [0.1, 0.15) is 5.75 Å². The van der Waals surface area contributed by atoms with Crippen molar-refractivity contribution in [2.24, 2.45) is 0 Å². The molecule has 0 spiro atoms. The fourth-order valence-corrected chi connectivity index (χ4v) is 0.997. The van der Waals surface area contributed by atoms with E-state index in [1.807, 2.05) is 0 Å². The Balaban J connectivity index is -0.000000320. The van der Waals surface area contributed by atoms with Gasteiger partial charge in [-0.2, -0.15) is 8.42 Å². The van der Waals surface area contributed by atoms with E-state index < -0.39 is 10.4 Å². The Morgan fingerprint density at radius 1 is 1.28 bits per heavy atom. The number of aromatic hydroxyl groups is 1. The van der Waals surface area contributed by atoms with Gasteiger partial charge in [-0.25, -0.2) is 0 Å². The number of aromatic nitrogens is 1. The van der Waals surface area contributed by atoms with Gasteiger partial charge < -0.3 is 16.7 Å². The van der Waals surface area contributed by atoms with Crippen LogP contribution in [0.2, 0.25) is 0 Å². The van der Waals surface area contributed by atoms with Gasteiger partial charge in [0.05, 0.1) is 18.9 Å². The van der Waals surface area contributed by atoms with Gasteiger partial charge in [-0.15, -0.1) is 0 Å². The Labute approximate surface area is 128 Å². The second-order valence-electron chi connectivity index (χ2n) is 2.96. The first-order valence-electron chi connectivity index (χ1n) is 4.28. The zero-order chi connectivity index (χ0) is 13.6. The normalized spacial score (nSPS) is 10.1. The van der Waals surface area contributed by atoms with Gasteiger partial charge in [0.2, 0.25) is 0 Å². The van der Waals surface area contributed by atoms with Crippen molar-refractivity contribution < 1.29 is 63.8 Å². The Kier molecular flexibility index (Phi) is 9.78. The largest absolute Gasteiger partial charge is 1.00 e. The van der Waals surface area contributed by atoms with Gasteiger partial charge in [0.25, 0.3) is 0 Å². The monoisotopic (exact) mass is 291 g/mol. The van der Waals surface area contributed by atoms with Gasteiger partial charge in [-0.3, -0.25) is 14.1 Å². The summed E-state index contributed by atoms with van der Waals surface area (Å²) >= 11 is 0. The van der Waals surface area contributed by atoms with E-state index in [-0.39, 0.29) is 49.9 Å². The van der Waals surface area contributed by atoms with Crippen LogP contribution in [-0.4, -0.2) is 37.8 Å². The molecule has 0 saturated carbocycles. The third kappa shape index (κ3) is 7.95. The minimum Gasteiger partial charge on any atom is -1.00 e. The van der Waals surface area contributed by atoms with E-state index in [4.69, 9.17) is 27.7 Å². The Bertz CT molecular complexity index is 474. The van der Waals surface area contributed by atoms with Crippen molar-refractivity contribution in [2.75, 3.05) is 0 Å². The summed E-state index contributed by atoms with van der Waals surface area (Å²) < 4.78 is 31.6. The van der Waals surface area contributed by atoms with Crippen molar-refractivity contribution in [2.45, 2.75) is 20.1 Å². The minimum absolute atomic E-state index is 0. The Hall–Kier alpha value is -0.260. The van der Waals surface area contributed by atoms with Crippen LogP contribution in [0.1, 0.15) is 18.2 Å². The van der Waals surface area contributed by atoms with Crippen LogP contribution in [-0.2, 0) is 23.6 Å². The summed E-state index contributed by atoms with van der Waals surface area (Å²) in [6, 6.07) is 0. The molecule has 0 aliphatic carbocycles. The Morgan fingerprint density at radius 2 is 1.72 bits per heavy atom. The molecular formula is C8H14NNaO7S. The molecule has 0 amide bonds. The van der Waals surface area contributed by atoms with Crippen molar-refractivity contribution >= 4 is 10.4 Å². The third-order valence-electron chi connectivity index (χ3n) is 1.76. The Morgan fingerprint density at radius 3 is 2.06 bits per heavy atom. The van der Waals surface area contributed by atoms with Crippen molar-refractivity contribution in [3.05, 3.63) is 23.0 Å². The predicted octanol–water partition coefficient (Wildman–Crippen LogP) is -3.46. The number of aryl methyl sites for hydroxylation is 1. The van der Waals surface area contributed by atoms with Gasteiger partial charge in [-0.1, -0.05) is 0 Å². The summed E-state index contributed by atoms with van der Waals surface area (Å²) in [5.74, 6) is -0.0379. The zero-order valence-corrected chi connectivity index (χ0v) is 12.7. The molecule has 0 radical (unpaired) electrons. The SMILES string of the molecule is Cc1ncc(CO)c(CO)c1O.O=S(=O)(O)O.[H-].[Na+]. The van der Waals surface area contributed by atoms with Crippen molar-refractivity contribution in [3.8, 4) is 5.75 Å². The summed E-state index contributed by atoms with van der Waals surface area (Å²) in [7, 11) is -4.67. The van der Waals surface area contributed by atoms with E-state index >= 15 is 0 Å². The molecule has 1 heterocycles. The van der Waals surface area contributed by atoms with Crippen molar-refractivity contribution in [1.82, 2.24) is 4.98 Å². The van der Waals surface area contributed by atoms with Gasteiger partial charge in [0, 0.05) is 17.3 Å². The minimum atomic E-state index is -4.67. The molecule has 10 heteroatoms. The van der Waals surface area contributed by atoms with E-state index in [2.05, 4.69) is 4.98 Å². The van der Waals surface area contributed by atoms with Crippen LogP contribution in [0.3, 0.4) is 0 Å². The average Bonchev–Trinajstić information content (AvgIpc) is 2.19. The molecule has 0 unspecified atom stereocenters. The number of rotatable bonds is 2. The summed E-state index contributed by atoms with van der Waals surface area (Å²) in [6.45, 7) is 1.12. The van der Waals surface area contributed by atoms with Gasteiger partial charge in [0.15, 0.2) is 0 Å². The zero-order valence-electron chi connectivity index (χ0n) is 10.9. The molecule has 1 aromatic rings. The van der Waals surface area contributed by atoms with Crippen LogP contribution in [0.4, 0.5) is 0 Å². The number of aliphatic hydroxyl groups is 2. The van der Waals surface area contributed by atoms with Gasteiger partial charge >= 0.3 is 40.0 Å². The molecule has 0 saturated heterocycles. The van der Waals surface area contributed by atoms with E-state index in [0.717, 1.165) is 0 Å². The third-order valence-corrected chi connectivity index (χ3v) is 1.76. The second-order valence-corrected chi connectivity index (χ2v) is 3.86. The molecule has 8 nitrogen and oxygen atoms in total. The van der Waals surface area contributed by atoms with E-state index in [9.17, 15) is 5.11 Å². The first-order valence-corrected chi connectivity index (χ1v) is 5.68. The molecule has 1 aromatic heterocycles. The molecular weight excluding hydrogens is 277 g/mol. The maximum absolute atomic E-state index is 9.38. The van der Waals surface area contributed by atoms with E-state index in [1.54, 1.807) is 6.92 Å². The van der Waals surface area contributed by atoms with Crippen molar-refractivity contribution in [1.29, 1.82) is 0 Å². The van der Waals surface area contributed by atoms with Crippen LogP contribution in [0.5, 0.6) is 5.75 Å². The van der Waals surface area contributed by atoms with Crippen LogP contribution in [0.25, 0.3) is 0 Å². The first-order chi connectivity index (χ1) is 7.70. The molecule has 0 atom stereocenters. The standard InChI is InChI=1S/C8H11NO3.Na.H2O4S.H/c1-5-8(12)7(4-11)6(3-10)2-9-5;;1-5(2,3)4;/h2,10-12H,3-4H2,1H3;;(H2,1,2,3,4);/q;+1;;-1. The van der Waals surface area contributed by atoms with Crippen molar-refractivity contribution in [3.63, 3.8) is 0 Å². The van der Waals surface area contributed by atoms with Crippen LogP contribution >= 0.6 is 0 Å². The molecule has 0 aliphatic rings. The topological polar surface area (TPSA) is 148 Å². The van der Waals surface area contributed by atoms with E-state index in [0.29, 0.717) is 16.8 Å². The predicted molar refractivity (Wildman–Crippen MR) is 57.8 cm³/mol. The fraction of sp³-hybridized carbons (Fsp3) is 0.375. The number of hydrogen-bond donors (Lipinski definition) is 5. The summed E-state index contributed by atoms with van der Waals surface area (Å²) in [5, 5.41) is 27.0. The molecule has 1 rings (SSSR count). The molecule has 0 aliphatic heterocycles. The van der Waals surface area contributed by atoms with Crippen LogP contribution in [0, 0.1) is 6.92 Å². The quantitative estimate of drug-likeness (QED) is 0.279. The maximum Gasteiger partial charge on any atom is 1.00 e. The summed E-state index contributed by atoms with van der Waals surface area (Å²) in [5.41, 5.74) is 1.27. The number of pyridine rings is 1. The first kappa shape index (κ1) is 20.1. The van der Waals surface area contributed by atoms with Crippen LogP contribution < -0.4 is 29.6 Å². The fourth-order valence-electron chi connectivity index (χ4n) is 0.997. The second kappa shape index (κ2) is 8.77. The molecule has 18 heavy (non-hydrogen) atoms. The summed E-state index contributed by atoms with van der Waals surface area (Å²) in [6.07, 6.45) is 1.45. The average molecular weight is 291 g/mol. The number of hydrogen-bond acceptors (Lipinski definition) is 6. The molecule has 0 bridgehead atoms. The molecule has 5 N–H and O–H groups in total. The van der Waals surface area contributed by atoms with E-state index in [1.165, 1.54) is 6.20 Å². The maximum atomic E-state index is 9.38. The molecule has 0 fully saturated rings.